The first-order valence-electron chi connectivity index (χ1n) is 15.6. The van der Waals surface area contributed by atoms with E-state index in [1.807, 2.05) is 19.9 Å². The van der Waals surface area contributed by atoms with E-state index in [-0.39, 0.29) is 23.9 Å². The summed E-state index contributed by atoms with van der Waals surface area (Å²) in [6, 6.07) is 9.34. The molecule has 0 saturated carbocycles. The second-order valence-corrected chi connectivity index (χ2v) is 21.2. The van der Waals surface area contributed by atoms with Crippen LogP contribution in [-0.2, 0) is 69.6 Å². The van der Waals surface area contributed by atoms with E-state index in [0.717, 1.165) is 17.6 Å². The fourth-order valence-electron chi connectivity index (χ4n) is 6.16. The second-order valence-electron chi connectivity index (χ2n) is 13.0. The molecule has 2 aromatic carbocycles. The average Bonchev–Trinajstić information content (AvgIpc) is 3.40. The molecule has 54 heavy (non-hydrogen) atoms. The van der Waals surface area contributed by atoms with Gasteiger partial charge in [-0.25, -0.2) is 18.6 Å². The normalized spacial score (nSPS) is 17.9. The Labute approximate surface area is 322 Å². The Bertz CT molecular complexity index is 2290. The SMILES string of the molecule is CC1(C)C(C=C/C=C2/N(CCS(=O)(=O)O)c3ccc(S(=O)(=O)CCS(=O)(=O)O)cc3C2(C)C)=[N+](CCS(=O)(=O)O)c2ccc(SOOCSOOO)cc21. The Kier molecular flexibility index (Phi) is 13.9. The number of anilines is 1. The van der Waals surface area contributed by atoms with Crippen LogP contribution in [0.1, 0.15) is 38.8 Å². The quantitative estimate of drug-likeness (QED) is 0.0298. The summed E-state index contributed by atoms with van der Waals surface area (Å²) < 4.78 is 135. The molecule has 0 saturated heterocycles. The predicted molar refractivity (Wildman–Crippen MR) is 200 cm³/mol. The van der Waals surface area contributed by atoms with E-state index in [1.165, 1.54) is 18.2 Å². The summed E-state index contributed by atoms with van der Waals surface area (Å²) in [4.78, 5) is 6.96. The van der Waals surface area contributed by atoms with Gasteiger partial charge in [-0.3, -0.25) is 13.7 Å². The highest BCUT2D eigenvalue weighted by Gasteiger charge is 2.45. The highest BCUT2D eigenvalue weighted by Crippen LogP contribution is 2.49. The molecule has 0 unspecified atom stereocenters. The highest BCUT2D eigenvalue weighted by atomic mass is 32.2. The standard InChI is InChI=1S/C30H38N2O16S6/c1-29(2)23-18-21(50-47-45-20-49-48-46-33)8-10-25(23)31(12-14-52(36,37)38)27(29)6-5-7-28-30(3,4)24-19-22(51(34,35)16-17-54(42,43)44)9-11-26(24)32(28)13-15-53(39,40)41/h5-11,18-19H,12-17,20H2,1-4H3,(H3-,33,36,37,38,39,40,41,42,43,44)/p+1. The van der Waals surface area contributed by atoms with E-state index >= 15 is 0 Å². The van der Waals surface area contributed by atoms with Crippen molar-refractivity contribution in [1.82, 2.24) is 0 Å². The first-order chi connectivity index (χ1) is 24.9. The van der Waals surface area contributed by atoms with E-state index in [0.29, 0.717) is 45.3 Å². The summed E-state index contributed by atoms with van der Waals surface area (Å²) in [5.74, 6) is -3.28. The first-order valence-corrected chi connectivity index (χ1v) is 23.7. The maximum Gasteiger partial charge on any atom is 0.271 e. The van der Waals surface area contributed by atoms with Gasteiger partial charge in [0, 0.05) is 45.9 Å². The summed E-state index contributed by atoms with van der Waals surface area (Å²) in [5, 5.41) is 11.6. The number of sulfone groups is 1. The topological polar surface area (TPSA) is 261 Å². The molecular formula is C30H39N2O16S6+. The van der Waals surface area contributed by atoms with Gasteiger partial charge in [-0.15, -0.1) is 4.33 Å². The molecule has 2 aromatic rings. The lowest BCUT2D eigenvalue weighted by molar-refractivity contribution is -0.432. The van der Waals surface area contributed by atoms with Crippen LogP contribution in [0.4, 0.5) is 11.4 Å². The van der Waals surface area contributed by atoms with Crippen LogP contribution in [-0.4, -0.2) is 105 Å². The van der Waals surface area contributed by atoms with E-state index in [9.17, 15) is 42.8 Å². The van der Waals surface area contributed by atoms with Gasteiger partial charge in [0.2, 0.25) is 5.69 Å². The summed E-state index contributed by atoms with van der Waals surface area (Å²) in [7, 11) is -17.5. The van der Waals surface area contributed by atoms with E-state index in [4.69, 9.17) is 19.0 Å². The molecule has 4 rings (SSSR count). The van der Waals surface area contributed by atoms with Gasteiger partial charge in [-0.05, 0) is 55.8 Å². The van der Waals surface area contributed by atoms with Crippen molar-refractivity contribution in [2.75, 3.05) is 46.9 Å². The van der Waals surface area contributed by atoms with E-state index < -0.39 is 74.0 Å². The molecule has 0 radical (unpaired) electrons. The molecule has 24 heteroatoms. The molecule has 2 aliphatic rings. The molecule has 2 heterocycles. The van der Waals surface area contributed by atoms with Gasteiger partial charge in [0.05, 0.1) is 51.7 Å². The van der Waals surface area contributed by atoms with Crippen LogP contribution in [0.5, 0.6) is 0 Å². The summed E-state index contributed by atoms with van der Waals surface area (Å²) in [6.45, 7) is 7.01. The minimum Gasteiger partial charge on any atom is -0.343 e. The largest absolute Gasteiger partial charge is 0.343 e. The maximum atomic E-state index is 13.0. The molecule has 0 fully saturated rings. The number of hydrogen-bond acceptors (Lipinski definition) is 16. The number of allylic oxidation sites excluding steroid dienone is 4. The van der Waals surface area contributed by atoms with E-state index in [1.54, 1.807) is 53.7 Å². The Morgan fingerprint density at radius 3 is 2.09 bits per heavy atom. The van der Waals surface area contributed by atoms with Crippen LogP contribution in [0, 0.1) is 0 Å². The lowest BCUT2D eigenvalue weighted by Crippen LogP contribution is -2.30. The molecular weight excluding hydrogens is 837 g/mol. The van der Waals surface area contributed by atoms with Crippen molar-refractivity contribution in [3.05, 3.63) is 71.5 Å². The highest BCUT2D eigenvalue weighted by molar-refractivity contribution is 7.95. The fourth-order valence-corrected chi connectivity index (χ4v) is 10.2. The van der Waals surface area contributed by atoms with Crippen molar-refractivity contribution in [1.29, 1.82) is 0 Å². The van der Waals surface area contributed by atoms with Gasteiger partial charge in [0.1, 0.15) is 5.75 Å². The Morgan fingerprint density at radius 2 is 1.46 bits per heavy atom. The first kappa shape index (κ1) is 44.3. The van der Waals surface area contributed by atoms with Crippen LogP contribution in [0.25, 0.3) is 0 Å². The molecule has 0 aromatic heterocycles. The molecule has 0 amide bonds. The second kappa shape index (κ2) is 17.0. The van der Waals surface area contributed by atoms with E-state index in [2.05, 4.69) is 9.37 Å². The average molecular weight is 876 g/mol. The van der Waals surface area contributed by atoms with Crippen molar-refractivity contribution in [3.8, 4) is 0 Å². The zero-order valence-electron chi connectivity index (χ0n) is 29.2. The lowest BCUT2D eigenvalue weighted by Gasteiger charge is -2.26. The van der Waals surface area contributed by atoms with Gasteiger partial charge in [0.25, 0.3) is 30.4 Å². The third-order valence-corrected chi connectivity index (χ3v) is 13.8. The van der Waals surface area contributed by atoms with Gasteiger partial charge in [-0.1, -0.05) is 25.0 Å². The summed E-state index contributed by atoms with van der Waals surface area (Å²) >= 11 is 1.50. The summed E-state index contributed by atoms with van der Waals surface area (Å²) in [5.41, 5.74) is 1.73. The molecule has 0 bridgehead atoms. The van der Waals surface area contributed by atoms with Crippen molar-refractivity contribution < 1.29 is 75.8 Å². The number of rotatable bonds is 19. The molecule has 300 valence electrons. The van der Waals surface area contributed by atoms with Crippen LogP contribution in [0.2, 0.25) is 0 Å². The van der Waals surface area contributed by atoms with Gasteiger partial charge in [-0.2, -0.15) is 34.2 Å². The van der Waals surface area contributed by atoms with Gasteiger partial charge >= 0.3 is 0 Å². The van der Waals surface area contributed by atoms with Crippen molar-refractivity contribution in [2.45, 2.75) is 48.3 Å². The number of benzene rings is 2. The number of nitrogens with zero attached hydrogens (tertiary/aromatic N) is 2. The fraction of sp³-hybridized carbons (Fsp3) is 0.433. The zero-order valence-corrected chi connectivity index (χ0v) is 34.1. The Hall–Kier alpha value is -2.43. The number of hydrogen-bond donors (Lipinski definition) is 4. The molecule has 2 aliphatic heterocycles. The predicted octanol–water partition coefficient (Wildman–Crippen LogP) is 3.72. The van der Waals surface area contributed by atoms with Crippen molar-refractivity contribution in [2.24, 2.45) is 0 Å². The molecule has 0 aliphatic carbocycles. The third-order valence-electron chi connectivity index (χ3n) is 8.70. The maximum absolute atomic E-state index is 13.0. The third kappa shape index (κ3) is 11.1. The Morgan fingerprint density at radius 1 is 0.796 bits per heavy atom. The van der Waals surface area contributed by atoms with Crippen LogP contribution >= 0.6 is 24.1 Å². The molecule has 0 spiro atoms. The number of fused-ring (bicyclic) bond motifs is 2. The van der Waals surface area contributed by atoms with Crippen LogP contribution in [0.3, 0.4) is 0 Å². The van der Waals surface area contributed by atoms with Crippen LogP contribution < -0.4 is 4.90 Å². The minimum absolute atomic E-state index is 0.117. The lowest BCUT2D eigenvalue weighted by atomic mass is 9.81. The van der Waals surface area contributed by atoms with Gasteiger partial charge in [0.15, 0.2) is 28.0 Å². The van der Waals surface area contributed by atoms with Crippen LogP contribution in [0.15, 0.2) is 70.1 Å². The van der Waals surface area contributed by atoms with Crippen molar-refractivity contribution in [3.63, 3.8) is 0 Å². The summed E-state index contributed by atoms with van der Waals surface area (Å²) in [6.07, 6.45) is 5.08. The molecule has 18 nitrogen and oxygen atoms in total. The van der Waals surface area contributed by atoms with Gasteiger partial charge < -0.3 is 4.90 Å². The van der Waals surface area contributed by atoms with Crippen molar-refractivity contribution >= 4 is 81.4 Å². The molecule has 4 N–H and O–H groups in total. The monoisotopic (exact) mass is 875 g/mol. The molecule has 0 atom stereocenters. The Balaban J connectivity index is 1.74. The zero-order chi connectivity index (χ0) is 40.3. The smallest absolute Gasteiger partial charge is 0.271 e. The minimum atomic E-state index is -4.57.